The second-order valence-electron chi connectivity index (χ2n) is 10.4. The minimum absolute atomic E-state index is 0.458. The lowest BCUT2D eigenvalue weighted by Gasteiger charge is -2.32. The van der Waals surface area contributed by atoms with Crippen molar-refractivity contribution in [1.29, 1.82) is 0 Å². The van der Waals surface area contributed by atoms with Gasteiger partial charge in [0, 0.05) is 61.0 Å². The van der Waals surface area contributed by atoms with Crippen molar-refractivity contribution in [1.82, 2.24) is 24.8 Å². The van der Waals surface area contributed by atoms with Gasteiger partial charge in [-0.15, -0.1) is 11.3 Å². The average Bonchev–Trinajstić information content (AvgIpc) is 3.44. The zero-order valence-electron chi connectivity index (χ0n) is 23.7. The van der Waals surface area contributed by atoms with E-state index in [0.29, 0.717) is 29.5 Å². The number of methoxy groups -OCH3 is 1. The van der Waals surface area contributed by atoms with Gasteiger partial charge < -0.3 is 30.3 Å². The molecular formula is C31H33N7O3S. The molecule has 1 aliphatic rings. The van der Waals surface area contributed by atoms with Crippen molar-refractivity contribution in [3.05, 3.63) is 66.5 Å². The van der Waals surface area contributed by atoms with Crippen molar-refractivity contribution in [2.45, 2.75) is 6.42 Å². The molecule has 3 N–H and O–H groups in total. The fourth-order valence-corrected chi connectivity index (χ4v) is 6.05. The zero-order chi connectivity index (χ0) is 29.1. The van der Waals surface area contributed by atoms with Crippen LogP contribution in [-0.4, -0.2) is 84.1 Å². The number of hydrogen-bond donors (Lipinski definition) is 2. The van der Waals surface area contributed by atoms with Gasteiger partial charge in [-0.2, -0.15) is 0 Å². The van der Waals surface area contributed by atoms with Crippen LogP contribution in [0.1, 0.15) is 16.8 Å². The van der Waals surface area contributed by atoms with Crippen molar-refractivity contribution >= 4 is 49.9 Å². The zero-order valence-corrected chi connectivity index (χ0v) is 24.5. The highest BCUT2D eigenvalue weighted by Gasteiger charge is 2.15. The SMILES string of the molecule is COc1cc2c(Nc3ccc4nc(-c5cccc(C(N)=O)c5)sc4c3)ncnc2cc1OCCCN1CCN(C)CC1. The molecule has 1 saturated heterocycles. The lowest BCUT2D eigenvalue weighted by atomic mass is 10.1. The van der Waals surface area contributed by atoms with Gasteiger partial charge in [0.25, 0.3) is 0 Å². The summed E-state index contributed by atoms with van der Waals surface area (Å²) in [6.07, 6.45) is 2.49. The minimum Gasteiger partial charge on any atom is -0.493 e. The highest BCUT2D eigenvalue weighted by Crippen LogP contribution is 2.36. The number of primary amides is 1. The maximum absolute atomic E-state index is 11.6. The molecule has 1 fully saturated rings. The van der Waals surface area contributed by atoms with Crippen LogP contribution in [0.25, 0.3) is 31.7 Å². The Morgan fingerprint density at radius 2 is 1.88 bits per heavy atom. The fourth-order valence-electron chi connectivity index (χ4n) is 5.05. The van der Waals surface area contributed by atoms with Crippen LogP contribution in [0.4, 0.5) is 11.5 Å². The van der Waals surface area contributed by atoms with E-state index in [-0.39, 0.29) is 0 Å². The predicted octanol–water partition coefficient (Wildman–Crippen LogP) is 4.77. The van der Waals surface area contributed by atoms with Crippen molar-refractivity contribution in [2.24, 2.45) is 5.73 Å². The summed E-state index contributed by atoms with van der Waals surface area (Å²) in [6, 6.07) is 17.0. The van der Waals surface area contributed by atoms with Crippen molar-refractivity contribution < 1.29 is 14.3 Å². The number of likely N-dealkylation sites (N-methyl/N-ethyl adjacent to an activating group) is 1. The number of nitrogens with zero attached hydrogens (tertiary/aromatic N) is 5. The molecule has 216 valence electrons. The summed E-state index contributed by atoms with van der Waals surface area (Å²) in [5.74, 6) is 1.52. The Bertz CT molecular complexity index is 1730. The molecule has 6 rings (SSSR count). The largest absolute Gasteiger partial charge is 0.493 e. The molecule has 0 atom stereocenters. The first-order valence-corrected chi connectivity index (χ1v) is 14.7. The van der Waals surface area contributed by atoms with Gasteiger partial charge in [-0.05, 0) is 49.9 Å². The summed E-state index contributed by atoms with van der Waals surface area (Å²) in [4.78, 5) is 30.2. The molecule has 0 aliphatic carbocycles. The molecule has 5 aromatic rings. The Labute approximate surface area is 248 Å². The average molecular weight is 584 g/mol. The van der Waals surface area contributed by atoms with Gasteiger partial charge in [-0.3, -0.25) is 4.79 Å². The maximum Gasteiger partial charge on any atom is 0.248 e. The van der Waals surface area contributed by atoms with Crippen molar-refractivity contribution in [2.75, 3.05) is 58.8 Å². The van der Waals surface area contributed by atoms with Crippen molar-refractivity contribution in [3.8, 4) is 22.1 Å². The molecule has 1 aliphatic heterocycles. The fraction of sp³-hybridized carbons (Fsp3) is 0.290. The number of nitrogens with one attached hydrogen (secondary N) is 1. The highest BCUT2D eigenvalue weighted by molar-refractivity contribution is 7.21. The van der Waals surface area contributed by atoms with Crippen LogP contribution in [0.5, 0.6) is 11.5 Å². The van der Waals surface area contributed by atoms with Crippen LogP contribution >= 0.6 is 11.3 Å². The van der Waals surface area contributed by atoms with Gasteiger partial charge in [0.2, 0.25) is 5.91 Å². The summed E-state index contributed by atoms with van der Waals surface area (Å²) in [7, 11) is 3.81. The number of hydrogen-bond acceptors (Lipinski definition) is 10. The van der Waals surface area contributed by atoms with Crippen LogP contribution in [0, 0.1) is 0 Å². The quantitative estimate of drug-likeness (QED) is 0.224. The second kappa shape index (κ2) is 12.3. The number of anilines is 2. The van der Waals surface area contributed by atoms with Crippen LogP contribution in [-0.2, 0) is 0 Å². The molecule has 3 heterocycles. The monoisotopic (exact) mass is 583 g/mol. The van der Waals surface area contributed by atoms with Gasteiger partial charge in [0.15, 0.2) is 11.5 Å². The lowest BCUT2D eigenvalue weighted by Crippen LogP contribution is -2.44. The van der Waals surface area contributed by atoms with E-state index in [0.717, 1.165) is 76.5 Å². The molecule has 10 nitrogen and oxygen atoms in total. The van der Waals surface area contributed by atoms with E-state index >= 15 is 0 Å². The van der Waals surface area contributed by atoms with E-state index in [1.807, 2.05) is 42.5 Å². The van der Waals surface area contributed by atoms with E-state index < -0.39 is 5.91 Å². The number of ether oxygens (including phenoxy) is 2. The highest BCUT2D eigenvalue weighted by atomic mass is 32.1. The number of carbonyl (C=O) groups is 1. The van der Waals surface area contributed by atoms with E-state index in [4.69, 9.17) is 20.2 Å². The van der Waals surface area contributed by atoms with Gasteiger partial charge >= 0.3 is 0 Å². The molecule has 42 heavy (non-hydrogen) atoms. The number of fused-ring (bicyclic) bond motifs is 2. The first-order chi connectivity index (χ1) is 20.5. The number of aromatic nitrogens is 3. The van der Waals surface area contributed by atoms with Gasteiger partial charge in [-0.1, -0.05) is 12.1 Å². The summed E-state index contributed by atoms with van der Waals surface area (Å²) in [5.41, 5.74) is 9.27. The molecule has 0 spiro atoms. The lowest BCUT2D eigenvalue weighted by molar-refractivity contribution is 0.100. The minimum atomic E-state index is -0.460. The summed E-state index contributed by atoms with van der Waals surface area (Å²) >= 11 is 1.55. The number of rotatable bonds is 10. The molecule has 0 unspecified atom stereocenters. The molecular weight excluding hydrogens is 550 g/mol. The van der Waals surface area contributed by atoms with Crippen molar-refractivity contribution in [3.63, 3.8) is 0 Å². The third-order valence-electron chi connectivity index (χ3n) is 7.44. The van der Waals surface area contributed by atoms with E-state index in [1.165, 1.54) is 0 Å². The molecule has 1 amide bonds. The Kier molecular flexibility index (Phi) is 8.13. The standard InChI is InChI=1S/C31H33N7O3S/c1-37-10-12-38(13-11-37)9-4-14-41-27-18-25-23(17-26(27)40-2)30(34-19-33-25)35-22-7-8-24-28(16-22)42-31(36-24)21-6-3-5-20(15-21)29(32)39/h3,5-8,15-19H,4,9-14H2,1-2H3,(H2,32,39)(H,33,34,35). The van der Waals surface area contributed by atoms with Crippen LogP contribution < -0.4 is 20.5 Å². The molecule has 11 heteroatoms. The Balaban J connectivity index is 1.18. The molecule has 0 bridgehead atoms. The first-order valence-electron chi connectivity index (χ1n) is 13.9. The van der Waals surface area contributed by atoms with Crippen LogP contribution in [0.3, 0.4) is 0 Å². The number of piperazine rings is 1. The smallest absolute Gasteiger partial charge is 0.248 e. The normalized spacial score (nSPS) is 14.3. The molecule has 2 aromatic heterocycles. The third-order valence-corrected chi connectivity index (χ3v) is 8.51. The van der Waals surface area contributed by atoms with Gasteiger partial charge in [-0.25, -0.2) is 15.0 Å². The molecule has 0 radical (unpaired) electrons. The first kappa shape index (κ1) is 27.8. The number of carbonyl (C=O) groups excluding carboxylic acids is 1. The summed E-state index contributed by atoms with van der Waals surface area (Å²) < 4.78 is 12.8. The topological polar surface area (TPSA) is 119 Å². The number of benzene rings is 3. The van der Waals surface area contributed by atoms with E-state index in [9.17, 15) is 4.79 Å². The van der Waals surface area contributed by atoms with Gasteiger partial charge in [0.1, 0.15) is 17.2 Å². The number of nitrogens with two attached hydrogens (primary N) is 1. The van der Waals surface area contributed by atoms with E-state index in [2.05, 4.69) is 32.1 Å². The number of amides is 1. The Hall–Kier alpha value is -4.32. The maximum atomic E-state index is 11.6. The summed E-state index contributed by atoms with van der Waals surface area (Å²) in [6.45, 7) is 6.05. The number of thiazole rings is 1. The molecule has 0 saturated carbocycles. The Morgan fingerprint density at radius 3 is 2.69 bits per heavy atom. The molecule has 3 aromatic carbocycles. The van der Waals surface area contributed by atoms with Crippen LogP contribution in [0.2, 0.25) is 0 Å². The third kappa shape index (κ3) is 6.13. The van der Waals surface area contributed by atoms with E-state index in [1.54, 1.807) is 36.9 Å². The second-order valence-corrected chi connectivity index (χ2v) is 11.4. The van der Waals surface area contributed by atoms with Crippen LogP contribution in [0.15, 0.2) is 60.9 Å². The van der Waals surface area contributed by atoms with Gasteiger partial charge in [0.05, 0.1) is 29.5 Å². The Morgan fingerprint density at radius 1 is 1.02 bits per heavy atom. The summed E-state index contributed by atoms with van der Waals surface area (Å²) in [5, 5.41) is 5.08. The predicted molar refractivity (Wildman–Crippen MR) is 167 cm³/mol.